The quantitative estimate of drug-likeness (QED) is 0.187. The Labute approximate surface area is 223 Å². The molecule has 6 nitrogen and oxygen atoms in total. The Bertz CT molecular complexity index is 1320. The molecular weight excluding hydrogens is 567 g/mol. The summed E-state index contributed by atoms with van der Waals surface area (Å²) in [7, 11) is 0. The maximum atomic E-state index is 12.5. The van der Waals surface area contributed by atoms with E-state index in [-0.39, 0.29) is 15.6 Å². The van der Waals surface area contributed by atoms with Crippen LogP contribution >= 0.6 is 22.6 Å². The van der Waals surface area contributed by atoms with Gasteiger partial charge in [0.05, 0.1) is 12.7 Å². The van der Waals surface area contributed by atoms with E-state index in [9.17, 15) is 9.59 Å². The average Bonchev–Trinajstić information content (AvgIpc) is 3.28. The molecule has 0 aliphatic carbocycles. The summed E-state index contributed by atoms with van der Waals surface area (Å²) in [5.41, 5.74) is 1.86. The van der Waals surface area contributed by atoms with Crippen LogP contribution in [0.15, 0.2) is 107 Å². The van der Waals surface area contributed by atoms with Gasteiger partial charge in [-0.2, -0.15) is 0 Å². The van der Waals surface area contributed by atoms with Gasteiger partial charge in [-0.1, -0.05) is 114 Å². The lowest BCUT2D eigenvalue weighted by Gasteiger charge is -2.37. The van der Waals surface area contributed by atoms with Gasteiger partial charge in [-0.25, -0.2) is 4.79 Å². The molecule has 1 aliphatic heterocycles. The molecule has 1 saturated heterocycles. The topological polar surface area (TPSA) is 73.3 Å². The number of ether oxygens (including phenoxy) is 2. The zero-order chi connectivity index (χ0) is 25.1. The third-order valence-electron chi connectivity index (χ3n) is 6.62. The smallest absolute Gasteiger partial charge is 0.330 e. The first kappa shape index (κ1) is 24.7. The SMILES string of the molecule is Cc1cn([C@H]2C[C@H](I)[C@@H](COC(c3ccccc3)(c3ccccc3)c3ccccc3)O2)c(=O)[nH]c1=O. The Balaban J connectivity index is 1.50. The first-order chi connectivity index (χ1) is 17.5. The van der Waals surface area contributed by atoms with Crippen molar-refractivity contribution >= 4 is 22.6 Å². The van der Waals surface area contributed by atoms with Crippen LogP contribution in [-0.2, 0) is 15.1 Å². The van der Waals surface area contributed by atoms with Crippen molar-refractivity contribution in [3.63, 3.8) is 0 Å². The first-order valence-electron chi connectivity index (χ1n) is 11.9. The highest BCUT2D eigenvalue weighted by atomic mass is 127. The van der Waals surface area contributed by atoms with Gasteiger partial charge in [0.25, 0.3) is 5.56 Å². The highest BCUT2D eigenvalue weighted by Crippen LogP contribution is 2.42. The van der Waals surface area contributed by atoms with Crippen molar-refractivity contribution in [1.29, 1.82) is 0 Å². The van der Waals surface area contributed by atoms with Crippen LogP contribution in [0.2, 0.25) is 0 Å². The number of aryl methyl sites for hydroxylation is 1. The molecule has 0 radical (unpaired) electrons. The van der Waals surface area contributed by atoms with Crippen molar-refractivity contribution in [2.45, 2.75) is 35.2 Å². The fourth-order valence-corrected chi connectivity index (χ4v) is 5.60. The number of aromatic amines is 1. The summed E-state index contributed by atoms with van der Waals surface area (Å²) in [5, 5.41) is 0. The van der Waals surface area contributed by atoms with Crippen molar-refractivity contribution in [2.75, 3.05) is 6.61 Å². The van der Waals surface area contributed by atoms with Crippen LogP contribution in [0, 0.1) is 6.92 Å². The molecular formula is C29H27IN2O4. The molecule has 1 fully saturated rings. The van der Waals surface area contributed by atoms with Gasteiger partial charge in [0.2, 0.25) is 0 Å². The fraction of sp³-hybridized carbons (Fsp3) is 0.241. The van der Waals surface area contributed by atoms with Crippen molar-refractivity contribution < 1.29 is 9.47 Å². The lowest BCUT2D eigenvalue weighted by atomic mass is 9.80. The zero-order valence-electron chi connectivity index (χ0n) is 19.8. The van der Waals surface area contributed by atoms with Crippen molar-refractivity contribution in [3.8, 4) is 0 Å². The second-order valence-electron chi connectivity index (χ2n) is 8.95. The minimum Gasteiger partial charge on any atom is -0.358 e. The number of rotatable bonds is 7. The normalized spacial score (nSPS) is 19.9. The molecule has 1 aromatic heterocycles. The minimum absolute atomic E-state index is 0.117. The maximum absolute atomic E-state index is 12.5. The maximum Gasteiger partial charge on any atom is 0.330 e. The highest BCUT2D eigenvalue weighted by molar-refractivity contribution is 14.1. The minimum atomic E-state index is -0.840. The molecule has 5 rings (SSSR count). The van der Waals surface area contributed by atoms with E-state index in [4.69, 9.17) is 9.47 Å². The van der Waals surface area contributed by atoms with Crippen LogP contribution in [-0.4, -0.2) is 26.2 Å². The van der Waals surface area contributed by atoms with Gasteiger partial charge in [-0.15, -0.1) is 0 Å². The van der Waals surface area contributed by atoms with Gasteiger partial charge >= 0.3 is 5.69 Å². The second kappa shape index (κ2) is 10.5. The molecule has 1 aliphatic rings. The molecule has 36 heavy (non-hydrogen) atoms. The van der Waals surface area contributed by atoms with E-state index in [1.165, 1.54) is 4.57 Å². The van der Waals surface area contributed by atoms with Crippen LogP contribution in [0.5, 0.6) is 0 Å². The summed E-state index contributed by atoms with van der Waals surface area (Å²) in [4.78, 5) is 26.7. The fourth-order valence-electron chi connectivity index (χ4n) is 4.79. The Morgan fingerprint density at radius 1 is 0.917 bits per heavy atom. The van der Waals surface area contributed by atoms with Gasteiger partial charge in [0.15, 0.2) is 0 Å². The molecule has 3 atom stereocenters. The van der Waals surface area contributed by atoms with Crippen LogP contribution < -0.4 is 11.2 Å². The molecule has 0 bridgehead atoms. The van der Waals surface area contributed by atoms with Gasteiger partial charge in [0.1, 0.15) is 11.8 Å². The zero-order valence-corrected chi connectivity index (χ0v) is 22.0. The number of nitrogens with one attached hydrogen (secondary N) is 1. The van der Waals surface area contributed by atoms with Gasteiger partial charge in [0, 0.05) is 22.1 Å². The standard InChI is InChI=1S/C29H27IN2O4/c1-20-18-32(28(34)31-27(20)33)26-17-24(30)25(36-26)19-35-29(21-11-5-2-6-12-21,22-13-7-3-8-14-22)23-15-9-4-10-16-23/h2-16,18,24-26H,17,19H2,1H3,(H,31,33,34)/t24-,25+,26+/m0/s1. The molecule has 184 valence electrons. The van der Waals surface area contributed by atoms with Gasteiger partial charge < -0.3 is 9.47 Å². The number of alkyl halides is 1. The van der Waals surface area contributed by atoms with E-state index in [2.05, 4.69) is 64.0 Å². The lowest BCUT2D eigenvalue weighted by molar-refractivity contribution is -0.0759. The lowest BCUT2D eigenvalue weighted by Crippen LogP contribution is -2.37. The van der Waals surface area contributed by atoms with Crippen molar-refractivity contribution in [2.24, 2.45) is 0 Å². The van der Waals surface area contributed by atoms with E-state index < -0.39 is 17.5 Å². The predicted octanol–water partition coefficient (Wildman–Crippen LogP) is 4.94. The van der Waals surface area contributed by atoms with E-state index in [1.807, 2.05) is 54.6 Å². The van der Waals surface area contributed by atoms with Gasteiger partial charge in [-0.3, -0.25) is 14.3 Å². The van der Waals surface area contributed by atoms with Crippen molar-refractivity contribution in [1.82, 2.24) is 9.55 Å². The summed E-state index contributed by atoms with van der Waals surface area (Å²) >= 11 is 2.37. The van der Waals surface area contributed by atoms with E-state index in [0.717, 1.165) is 16.7 Å². The molecule has 4 aromatic rings. The summed E-state index contributed by atoms with van der Waals surface area (Å²) in [5.74, 6) is 0. The number of benzene rings is 3. The number of aromatic nitrogens is 2. The Hall–Kier alpha value is -3.01. The monoisotopic (exact) mass is 594 g/mol. The molecule has 3 aromatic carbocycles. The summed E-state index contributed by atoms with van der Waals surface area (Å²) in [6.45, 7) is 2.00. The predicted molar refractivity (Wildman–Crippen MR) is 148 cm³/mol. The number of H-pyrrole nitrogens is 1. The number of hydrogen-bond acceptors (Lipinski definition) is 4. The van der Waals surface area contributed by atoms with E-state index in [0.29, 0.717) is 18.6 Å². The average molecular weight is 594 g/mol. The van der Waals surface area contributed by atoms with Crippen LogP contribution in [0.4, 0.5) is 0 Å². The van der Waals surface area contributed by atoms with E-state index in [1.54, 1.807) is 13.1 Å². The van der Waals surface area contributed by atoms with E-state index >= 15 is 0 Å². The Morgan fingerprint density at radius 3 is 1.92 bits per heavy atom. The Kier molecular flexibility index (Phi) is 7.22. The molecule has 1 N–H and O–H groups in total. The number of nitrogens with zero attached hydrogens (tertiary/aromatic N) is 1. The van der Waals surface area contributed by atoms with Crippen LogP contribution in [0.25, 0.3) is 0 Å². The molecule has 0 saturated carbocycles. The summed E-state index contributed by atoms with van der Waals surface area (Å²) < 4.78 is 14.9. The molecule has 0 amide bonds. The van der Waals surface area contributed by atoms with Crippen LogP contribution in [0.1, 0.15) is 34.9 Å². The third kappa shape index (κ3) is 4.70. The first-order valence-corrected chi connectivity index (χ1v) is 13.2. The molecule has 0 spiro atoms. The number of halogens is 1. The van der Waals surface area contributed by atoms with Gasteiger partial charge in [-0.05, 0) is 23.6 Å². The number of hydrogen-bond donors (Lipinski definition) is 1. The summed E-state index contributed by atoms with van der Waals surface area (Å²) in [6, 6.07) is 30.6. The highest BCUT2D eigenvalue weighted by Gasteiger charge is 2.41. The van der Waals surface area contributed by atoms with Crippen molar-refractivity contribution in [3.05, 3.63) is 140 Å². The van der Waals surface area contributed by atoms with Crippen LogP contribution in [0.3, 0.4) is 0 Å². The molecule has 2 heterocycles. The Morgan fingerprint density at radius 2 is 1.42 bits per heavy atom. The largest absolute Gasteiger partial charge is 0.358 e. The molecule has 0 unspecified atom stereocenters. The third-order valence-corrected chi connectivity index (χ3v) is 7.93. The summed E-state index contributed by atoms with van der Waals surface area (Å²) in [6.07, 6.45) is 1.49. The second-order valence-corrected chi connectivity index (χ2v) is 10.5. The molecule has 7 heteroatoms.